The minimum Gasteiger partial charge on any atom is -0.463 e. The van der Waals surface area contributed by atoms with E-state index in [0.717, 1.165) is 90.0 Å². The third-order valence-corrected chi connectivity index (χ3v) is 10.2. The molecule has 3 saturated heterocycles. The quantitative estimate of drug-likeness (QED) is 0.0642. The first kappa shape index (κ1) is 72.3. The molecule has 3 aliphatic heterocycles. The van der Waals surface area contributed by atoms with Crippen molar-refractivity contribution < 1.29 is 148 Å². The van der Waals surface area contributed by atoms with Crippen molar-refractivity contribution in [2.45, 2.75) is 186 Å². The van der Waals surface area contributed by atoms with E-state index in [-0.39, 0.29) is 6.61 Å². The number of alkyl halides is 3. The van der Waals surface area contributed by atoms with Crippen LogP contribution >= 0.6 is 34.8 Å². The number of esters is 13. The summed E-state index contributed by atoms with van der Waals surface area (Å²) in [7, 11) is 0. The van der Waals surface area contributed by atoms with Gasteiger partial charge in [-0.15, -0.1) is 0 Å². The zero-order chi connectivity index (χ0) is 62.4. The monoisotopic (exact) mass is 1230 g/mol. The number of carbonyl (C=O) groups excluding carboxylic acids is 13. The number of rotatable bonds is 17. The van der Waals surface area contributed by atoms with Gasteiger partial charge in [-0.05, 0) is 0 Å². The van der Waals surface area contributed by atoms with Crippen LogP contribution in [-0.4, -0.2) is 204 Å². The zero-order valence-corrected chi connectivity index (χ0v) is 47.9. The van der Waals surface area contributed by atoms with Gasteiger partial charge in [0.15, 0.2) is 49.0 Å². The molecule has 3 fully saturated rings. The van der Waals surface area contributed by atoms with Crippen LogP contribution in [0.1, 0.15) is 90.0 Å². The van der Waals surface area contributed by atoms with Gasteiger partial charge in [0.2, 0.25) is 30.7 Å². The maximum atomic E-state index is 11.7. The van der Waals surface area contributed by atoms with Crippen LogP contribution in [0.15, 0.2) is 0 Å². The lowest BCUT2D eigenvalue weighted by molar-refractivity contribution is -0.300. The topological polar surface area (TPSA) is 423 Å². The van der Waals surface area contributed by atoms with E-state index < -0.39 is 193 Å². The van der Waals surface area contributed by atoms with E-state index in [9.17, 15) is 67.4 Å². The molecule has 0 bridgehead atoms. The Hall–Kier alpha value is -6.71. The Kier molecular flexibility index (Phi) is 30.3. The molecular formula is C46H62Cl3NO31. The summed E-state index contributed by atoms with van der Waals surface area (Å²) in [5.74, 6) is -10.6. The molecule has 3 rings (SSSR count). The van der Waals surface area contributed by atoms with Crippen LogP contribution in [0.5, 0.6) is 0 Å². The van der Waals surface area contributed by atoms with Gasteiger partial charge in [-0.1, -0.05) is 34.8 Å². The van der Waals surface area contributed by atoms with E-state index in [4.69, 9.17) is 121 Å². The first-order chi connectivity index (χ1) is 37.3. The van der Waals surface area contributed by atoms with E-state index in [1.807, 2.05) is 0 Å². The molecule has 10 unspecified atom stereocenters. The van der Waals surface area contributed by atoms with Crippen LogP contribution in [0.4, 0.5) is 0 Å². The largest absolute Gasteiger partial charge is 0.463 e. The van der Waals surface area contributed by atoms with Gasteiger partial charge >= 0.3 is 77.6 Å². The normalized spacial score (nSPS) is 27.4. The molecule has 32 nitrogen and oxygen atoms in total. The molecule has 0 aliphatic carbocycles. The van der Waals surface area contributed by atoms with Crippen molar-refractivity contribution in [2.24, 2.45) is 0 Å². The van der Waals surface area contributed by atoms with E-state index >= 15 is 0 Å². The molecule has 2 N–H and O–H groups in total. The van der Waals surface area contributed by atoms with Gasteiger partial charge in [0.25, 0.3) is 3.79 Å². The summed E-state index contributed by atoms with van der Waals surface area (Å²) in [6.07, 6.45) is -20.7. The average molecular weight is 1230 g/mol. The van der Waals surface area contributed by atoms with Gasteiger partial charge in [-0.25, -0.2) is 0 Å². The predicted molar refractivity (Wildman–Crippen MR) is 259 cm³/mol. The van der Waals surface area contributed by atoms with Crippen LogP contribution in [0, 0.1) is 5.41 Å². The van der Waals surface area contributed by atoms with Crippen molar-refractivity contribution >= 4 is 118 Å². The van der Waals surface area contributed by atoms with Crippen molar-refractivity contribution in [3.8, 4) is 0 Å². The number of ether oxygens (including phenoxy) is 17. The summed E-state index contributed by atoms with van der Waals surface area (Å²) < 4.78 is 84.7. The Balaban J connectivity index is 0.000000611. The fraction of sp³-hybridized carbons (Fsp3) is 0.696. The second kappa shape index (κ2) is 33.9. The fourth-order valence-corrected chi connectivity index (χ4v) is 7.25. The molecule has 81 heavy (non-hydrogen) atoms. The van der Waals surface area contributed by atoms with Crippen molar-refractivity contribution in [3.63, 3.8) is 0 Å². The molecule has 0 spiro atoms. The molecule has 0 radical (unpaired) electrons. The SMILES string of the molecule is CC(=O)OCC1OC(O)C(OC(C)=O)C(OC(C)=O)[C@@H]1OC(C)=O.CC(=O)OCC1O[C@@H](OC(=N)C(Cl)(Cl)Cl)C(OC(C)=O)C(OC(C)=O)[C@@H]1OC(C)=O.CC(=O)OCC1O[C@H](OC(C)=O)C(OC(C)=O)C(OC(C)=O)[C@@H]1OC(C)=O. The predicted octanol–water partition coefficient (Wildman–Crippen LogP) is 0.128. The Morgan fingerprint density at radius 1 is 0.333 bits per heavy atom. The Bertz CT molecular complexity index is 2290. The summed E-state index contributed by atoms with van der Waals surface area (Å²) in [5.41, 5.74) is 0. The van der Waals surface area contributed by atoms with Gasteiger partial charge in [0.1, 0.15) is 38.1 Å². The highest BCUT2D eigenvalue weighted by Gasteiger charge is 2.56. The first-order valence-corrected chi connectivity index (χ1v) is 24.6. The third-order valence-electron chi connectivity index (χ3n) is 9.64. The molecule has 458 valence electrons. The number of nitrogens with one attached hydrogen (secondary N) is 1. The molecule has 0 aromatic heterocycles. The van der Waals surface area contributed by atoms with Gasteiger partial charge in [0.05, 0.1) is 0 Å². The summed E-state index contributed by atoms with van der Waals surface area (Å²) >= 11 is 16.8. The van der Waals surface area contributed by atoms with Crippen molar-refractivity contribution in [3.05, 3.63) is 0 Å². The number of hydrogen-bond donors (Lipinski definition) is 2. The average Bonchev–Trinajstić information content (AvgIpc) is 3.29. The number of aliphatic hydroxyl groups is 1. The van der Waals surface area contributed by atoms with E-state index in [1.165, 1.54) is 0 Å². The molecule has 3 heterocycles. The van der Waals surface area contributed by atoms with Gasteiger partial charge < -0.3 is 85.6 Å². The zero-order valence-electron chi connectivity index (χ0n) is 45.6. The number of carbonyl (C=O) groups is 13. The van der Waals surface area contributed by atoms with Crippen LogP contribution in [0.25, 0.3) is 0 Å². The Morgan fingerprint density at radius 2 is 0.556 bits per heavy atom. The summed E-state index contributed by atoms with van der Waals surface area (Å²) in [4.78, 5) is 148. The van der Waals surface area contributed by atoms with Crippen molar-refractivity contribution in [1.82, 2.24) is 0 Å². The minimum absolute atomic E-state index is 0.366. The summed E-state index contributed by atoms with van der Waals surface area (Å²) in [6.45, 7) is 13.1. The van der Waals surface area contributed by atoms with Crippen molar-refractivity contribution in [1.29, 1.82) is 5.41 Å². The second-order valence-electron chi connectivity index (χ2n) is 16.8. The second-order valence-corrected chi connectivity index (χ2v) is 19.1. The maximum absolute atomic E-state index is 11.7. The first-order valence-electron chi connectivity index (χ1n) is 23.4. The van der Waals surface area contributed by atoms with Crippen molar-refractivity contribution in [2.75, 3.05) is 19.8 Å². The van der Waals surface area contributed by atoms with Gasteiger partial charge in [-0.2, -0.15) is 0 Å². The van der Waals surface area contributed by atoms with E-state index in [1.54, 1.807) is 0 Å². The van der Waals surface area contributed by atoms with Gasteiger partial charge in [-0.3, -0.25) is 67.7 Å². The van der Waals surface area contributed by atoms with Crippen LogP contribution in [0.3, 0.4) is 0 Å². The molecular weight excluding hydrogens is 1170 g/mol. The molecule has 0 aromatic carbocycles. The molecule has 3 aliphatic rings. The third kappa shape index (κ3) is 26.6. The van der Waals surface area contributed by atoms with E-state index in [2.05, 4.69) is 0 Å². The highest BCUT2D eigenvalue weighted by atomic mass is 35.6. The lowest BCUT2D eigenvalue weighted by Gasteiger charge is -2.44. The number of aliphatic hydroxyl groups excluding tert-OH is 1. The van der Waals surface area contributed by atoms with Crippen LogP contribution in [-0.2, 0) is 143 Å². The molecule has 15 atom stereocenters. The standard InChI is InChI=1S/C16H20Cl3NO10.C16H22O11.C14H20O10/c1-6(21)25-5-10-11(26-7(2)22)12(27-8(3)23)13(28-9(4)24)14(29-10)30-15(20)16(17,18)19;1-7(17)22-6-12-13(23-8(2)18)14(24-9(3)19)15(25-10(4)20)16(27-12)26-11(5)21;1-6(15)20-5-10-11(21-7(2)16)12(22-8(3)17)13(14(19)24-10)23-9(4)18/h10-14,20H,5H2,1-4H3;12-16H,6H2,1-5H3;10-14,19H,5H2,1-4H3/t10?,11-,12?,13?,14+;12?,13-,14?,15?,16+;10?,11-,12?,13?,14?/m111/s1. The lowest BCUT2D eigenvalue weighted by atomic mass is 9.98. The number of halogens is 3. The summed E-state index contributed by atoms with van der Waals surface area (Å²) in [6, 6.07) is 0. The molecule has 35 heteroatoms. The van der Waals surface area contributed by atoms with Crippen LogP contribution < -0.4 is 0 Å². The van der Waals surface area contributed by atoms with Crippen LogP contribution in [0.2, 0.25) is 0 Å². The molecule has 0 amide bonds. The van der Waals surface area contributed by atoms with E-state index in [0.29, 0.717) is 0 Å². The summed E-state index contributed by atoms with van der Waals surface area (Å²) in [5, 5.41) is 17.8. The highest BCUT2D eigenvalue weighted by Crippen LogP contribution is 2.35. The Labute approximate surface area is 476 Å². The maximum Gasteiger partial charge on any atom is 0.305 e. The molecule has 0 saturated carbocycles. The molecule has 0 aromatic rings. The highest BCUT2D eigenvalue weighted by molar-refractivity contribution is 6.76. The lowest BCUT2D eigenvalue weighted by Crippen LogP contribution is -2.63. The smallest absolute Gasteiger partial charge is 0.305 e. The minimum atomic E-state index is -2.29. The van der Waals surface area contributed by atoms with Gasteiger partial charge in [0, 0.05) is 90.0 Å². The number of hydrogen-bond acceptors (Lipinski definition) is 32. The Morgan fingerprint density at radius 3 is 0.815 bits per heavy atom. The fourth-order valence-electron chi connectivity index (χ4n) is 7.12.